The zero-order chi connectivity index (χ0) is 16.7. The number of hydrogen-bond donors (Lipinski definition) is 0. The fraction of sp³-hybridized carbons (Fsp3) is 0.238. The Morgan fingerprint density at radius 2 is 1.68 bits per heavy atom. The van der Waals surface area contributed by atoms with Crippen molar-refractivity contribution >= 4 is 0 Å². The molecule has 4 heteroatoms. The number of aromatic nitrogens is 2. The van der Waals surface area contributed by atoms with Gasteiger partial charge in [0.2, 0.25) is 0 Å². The van der Waals surface area contributed by atoms with Crippen molar-refractivity contribution in [2.24, 2.45) is 0 Å². The number of hydrogen-bond acceptors (Lipinski definition) is 4. The molecular formula is C21H19N3O. The van der Waals surface area contributed by atoms with Gasteiger partial charge in [-0.05, 0) is 5.56 Å². The molecule has 1 saturated heterocycles. The maximum absolute atomic E-state index is 6.16. The van der Waals surface area contributed by atoms with Crippen LogP contribution < -0.4 is 0 Å². The third-order valence-electron chi connectivity index (χ3n) is 5.08. The summed E-state index contributed by atoms with van der Waals surface area (Å²) in [6, 6.07) is 20.7. The Bertz CT molecular complexity index is 890. The molecule has 0 radical (unpaired) electrons. The first-order valence-corrected chi connectivity index (χ1v) is 8.64. The van der Waals surface area contributed by atoms with Gasteiger partial charge in [-0.3, -0.25) is 4.90 Å². The lowest BCUT2D eigenvalue weighted by Crippen LogP contribution is -2.58. The van der Waals surface area contributed by atoms with Gasteiger partial charge in [0, 0.05) is 37.0 Å². The van der Waals surface area contributed by atoms with Crippen molar-refractivity contribution in [1.29, 1.82) is 0 Å². The van der Waals surface area contributed by atoms with Gasteiger partial charge in [-0.1, -0.05) is 60.7 Å². The van der Waals surface area contributed by atoms with Gasteiger partial charge in [0.05, 0.1) is 12.3 Å². The summed E-state index contributed by atoms with van der Waals surface area (Å²) in [5.41, 5.74) is 4.38. The molecule has 1 fully saturated rings. The molecule has 124 valence electrons. The van der Waals surface area contributed by atoms with Crippen molar-refractivity contribution in [2.75, 3.05) is 13.1 Å². The van der Waals surface area contributed by atoms with Crippen LogP contribution in [0.4, 0.5) is 0 Å². The van der Waals surface area contributed by atoms with Crippen molar-refractivity contribution in [3.8, 4) is 11.4 Å². The minimum atomic E-state index is -0.209. The summed E-state index contributed by atoms with van der Waals surface area (Å²) in [6.45, 7) is 3.35. The second kappa shape index (κ2) is 5.76. The molecule has 2 aliphatic heterocycles. The minimum absolute atomic E-state index is 0.209. The highest BCUT2D eigenvalue weighted by molar-refractivity contribution is 5.55. The summed E-state index contributed by atoms with van der Waals surface area (Å²) in [7, 11) is 0. The standard InChI is InChI=1S/C21H19N3O/c1-3-7-16(8-4-1)12-24-14-21(15-24)18-11-22-20(23-19(18)13-25-21)17-9-5-2-6-10-17/h1-11H,12-15H2. The first-order chi connectivity index (χ1) is 12.3. The lowest BCUT2D eigenvalue weighted by atomic mass is 9.87. The van der Waals surface area contributed by atoms with E-state index in [1.165, 1.54) is 5.56 Å². The van der Waals surface area contributed by atoms with E-state index in [-0.39, 0.29) is 5.60 Å². The Balaban J connectivity index is 1.35. The average molecular weight is 329 g/mol. The minimum Gasteiger partial charge on any atom is -0.361 e. The van der Waals surface area contributed by atoms with Crippen molar-refractivity contribution in [3.63, 3.8) is 0 Å². The number of nitrogens with zero attached hydrogens (tertiary/aromatic N) is 3. The molecule has 4 nitrogen and oxygen atoms in total. The highest BCUT2D eigenvalue weighted by Crippen LogP contribution is 2.43. The molecular weight excluding hydrogens is 310 g/mol. The Morgan fingerprint density at radius 1 is 0.960 bits per heavy atom. The van der Waals surface area contributed by atoms with E-state index in [0.29, 0.717) is 6.61 Å². The van der Waals surface area contributed by atoms with Crippen LogP contribution in [-0.2, 0) is 23.5 Å². The van der Waals surface area contributed by atoms with Crippen LogP contribution in [0.1, 0.15) is 16.8 Å². The van der Waals surface area contributed by atoms with E-state index < -0.39 is 0 Å². The molecule has 0 aliphatic carbocycles. The summed E-state index contributed by atoms with van der Waals surface area (Å²) < 4.78 is 6.16. The maximum atomic E-state index is 6.16. The second-order valence-electron chi connectivity index (χ2n) is 6.83. The molecule has 1 spiro atoms. The molecule has 0 bridgehead atoms. The van der Waals surface area contributed by atoms with Crippen molar-refractivity contribution in [3.05, 3.63) is 83.7 Å². The molecule has 0 unspecified atom stereocenters. The highest BCUT2D eigenvalue weighted by atomic mass is 16.5. The van der Waals surface area contributed by atoms with E-state index in [1.807, 2.05) is 36.5 Å². The summed E-state index contributed by atoms with van der Waals surface area (Å²) in [5, 5.41) is 0. The number of ether oxygens (including phenoxy) is 1. The Hall–Kier alpha value is -2.56. The van der Waals surface area contributed by atoms with E-state index in [1.54, 1.807) is 0 Å². The van der Waals surface area contributed by atoms with Crippen molar-refractivity contribution in [1.82, 2.24) is 14.9 Å². The fourth-order valence-electron chi connectivity index (χ4n) is 3.81. The van der Waals surface area contributed by atoms with E-state index >= 15 is 0 Å². The highest BCUT2D eigenvalue weighted by Gasteiger charge is 2.50. The topological polar surface area (TPSA) is 38.2 Å². The molecule has 25 heavy (non-hydrogen) atoms. The van der Waals surface area contributed by atoms with E-state index in [9.17, 15) is 0 Å². The summed E-state index contributed by atoms with van der Waals surface area (Å²) in [4.78, 5) is 11.8. The van der Waals surface area contributed by atoms with Crippen LogP contribution in [-0.4, -0.2) is 28.0 Å². The van der Waals surface area contributed by atoms with Gasteiger partial charge in [0.1, 0.15) is 5.60 Å². The van der Waals surface area contributed by atoms with E-state index in [2.05, 4.69) is 40.2 Å². The third kappa shape index (κ3) is 2.54. The molecule has 0 atom stereocenters. The van der Waals surface area contributed by atoms with Crippen molar-refractivity contribution in [2.45, 2.75) is 18.8 Å². The third-order valence-corrected chi connectivity index (χ3v) is 5.08. The molecule has 0 saturated carbocycles. The van der Waals surface area contributed by atoms with Gasteiger partial charge in [0.25, 0.3) is 0 Å². The van der Waals surface area contributed by atoms with Gasteiger partial charge in [-0.15, -0.1) is 0 Å². The summed E-state index contributed by atoms with van der Waals surface area (Å²) >= 11 is 0. The first kappa shape index (κ1) is 14.8. The molecule has 0 N–H and O–H groups in total. The van der Waals surface area contributed by atoms with Crippen LogP contribution in [0.3, 0.4) is 0 Å². The van der Waals surface area contributed by atoms with E-state index in [0.717, 1.165) is 42.3 Å². The zero-order valence-corrected chi connectivity index (χ0v) is 13.9. The average Bonchev–Trinajstić information content (AvgIpc) is 3.02. The van der Waals surface area contributed by atoms with Gasteiger partial charge in [-0.2, -0.15) is 0 Å². The van der Waals surface area contributed by atoms with Gasteiger partial charge in [0.15, 0.2) is 5.82 Å². The quantitative estimate of drug-likeness (QED) is 0.738. The van der Waals surface area contributed by atoms with E-state index in [4.69, 9.17) is 9.72 Å². The number of fused-ring (bicyclic) bond motifs is 2. The van der Waals surface area contributed by atoms with Crippen LogP contribution in [0.5, 0.6) is 0 Å². The number of rotatable bonds is 3. The fourth-order valence-corrected chi connectivity index (χ4v) is 3.81. The Kier molecular flexibility index (Phi) is 3.40. The lowest BCUT2D eigenvalue weighted by molar-refractivity contribution is -0.145. The summed E-state index contributed by atoms with van der Waals surface area (Å²) in [5.74, 6) is 0.778. The summed E-state index contributed by atoms with van der Waals surface area (Å²) in [6.07, 6.45) is 1.97. The molecule has 1 aromatic heterocycles. The van der Waals surface area contributed by atoms with Crippen LogP contribution in [0.15, 0.2) is 66.9 Å². The predicted molar refractivity (Wildman–Crippen MR) is 95.7 cm³/mol. The largest absolute Gasteiger partial charge is 0.361 e. The van der Waals surface area contributed by atoms with Crippen molar-refractivity contribution < 1.29 is 4.74 Å². The molecule has 2 aromatic carbocycles. The van der Waals surface area contributed by atoms with Crippen LogP contribution in [0.2, 0.25) is 0 Å². The molecule has 3 aromatic rings. The number of benzene rings is 2. The number of likely N-dealkylation sites (tertiary alicyclic amines) is 1. The maximum Gasteiger partial charge on any atom is 0.159 e. The molecule has 5 rings (SSSR count). The van der Waals surface area contributed by atoms with Crippen LogP contribution in [0.25, 0.3) is 11.4 Å². The Morgan fingerprint density at radius 3 is 2.44 bits per heavy atom. The lowest BCUT2D eigenvalue weighted by Gasteiger charge is -2.47. The molecule has 0 amide bonds. The predicted octanol–water partition coefficient (Wildman–Crippen LogP) is 3.38. The second-order valence-corrected chi connectivity index (χ2v) is 6.83. The zero-order valence-electron chi connectivity index (χ0n) is 13.9. The smallest absolute Gasteiger partial charge is 0.159 e. The van der Waals surface area contributed by atoms with Gasteiger partial charge >= 0.3 is 0 Å². The normalized spacial score (nSPS) is 18.1. The molecule has 3 heterocycles. The Labute approximate surface area is 147 Å². The van der Waals surface area contributed by atoms with Crippen LogP contribution >= 0.6 is 0 Å². The molecule has 2 aliphatic rings. The SMILES string of the molecule is c1ccc(CN2CC3(C2)OCc2nc(-c4ccccc4)ncc23)cc1. The monoisotopic (exact) mass is 329 g/mol. The first-order valence-electron chi connectivity index (χ1n) is 8.64. The van der Waals surface area contributed by atoms with Crippen LogP contribution in [0, 0.1) is 0 Å². The van der Waals surface area contributed by atoms with Gasteiger partial charge in [-0.25, -0.2) is 9.97 Å². The van der Waals surface area contributed by atoms with Gasteiger partial charge < -0.3 is 4.74 Å².